The van der Waals surface area contributed by atoms with Gasteiger partial charge in [-0.2, -0.15) is 0 Å². The van der Waals surface area contributed by atoms with E-state index >= 15 is 0 Å². The standard InChI is InChI=1S/C68H133N2O7P/c1-7-10-13-16-19-22-25-28-29-30-31-32-33-34-35-36-37-38-39-40-41-43-46-49-52-55-58-61-68(72)77-66(59-56-53-50-47-44-27-24-21-18-15-12-9-3)65(64-76-78(73,74)75-63-62-70(4,5)6)69-67(71)60-57-54-51-48-45-42-26-23-20-17-14-11-8-2/h28-29,56,59,65-66H,7-27,30-55,57-58,60-64H2,1-6H3,(H-,69,71,73,74)/b29-28+,59-56-. The largest absolute Gasteiger partial charge is 0.756 e. The summed E-state index contributed by atoms with van der Waals surface area (Å²) in [7, 11) is 1.21. The molecule has 462 valence electrons. The first-order valence-electron chi connectivity index (χ1n) is 34.1. The zero-order valence-corrected chi connectivity index (χ0v) is 53.8. The van der Waals surface area contributed by atoms with Crippen LogP contribution in [0.4, 0.5) is 0 Å². The molecule has 0 rings (SSSR count). The van der Waals surface area contributed by atoms with Gasteiger partial charge in [-0.05, 0) is 57.4 Å². The summed E-state index contributed by atoms with van der Waals surface area (Å²) in [6.07, 6.45) is 70.2. The molecule has 0 bridgehead atoms. The Kier molecular flexibility index (Phi) is 57.5. The molecule has 0 aromatic heterocycles. The summed E-state index contributed by atoms with van der Waals surface area (Å²) in [4.78, 5) is 40.0. The number of rotatable bonds is 63. The highest BCUT2D eigenvalue weighted by molar-refractivity contribution is 7.45. The molecule has 0 aliphatic heterocycles. The molecule has 1 amide bonds. The summed E-state index contributed by atoms with van der Waals surface area (Å²) in [5.74, 6) is -0.521. The Morgan fingerprint density at radius 2 is 0.744 bits per heavy atom. The summed E-state index contributed by atoms with van der Waals surface area (Å²) in [5.41, 5.74) is 0. The van der Waals surface area contributed by atoms with E-state index in [2.05, 4.69) is 38.2 Å². The van der Waals surface area contributed by atoms with Gasteiger partial charge in [0.2, 0.25) is 5.91 Å². The Labute approximate surface area is 485 Å². The zero-order chi connectivity index (χ0) is 57.2. The van der Waals surface area contributed by atoms with Crippen LogP contribution in [0.3, 0.4) is 0 Å². The molecule has 0 fully saturated rings. The summed E-state index contributed by atoms with van der Waals surface area (Å²) in [5, 5.41) is 3.04. The minimum atomic E-state index is -4.69. The maximum absolute atomic E-state index is 13.5. The molecule has 3 atom stereocenters. The molecule has 1 N–H and O–H groups in total. The van der Waals surface area contributed by atoms with E-state index in [0.717, 1.165) is 57.8 Å². The first-order chi connectivity index (χ1) is 37.9. The minimum absolute atomic E-state index is 0.0178. The van der Waals surface area contributed by atoms with Crippen molar-refractivity contribution in [1.82, 2.24) is 5.32 Å². The molecular weight excluding hydrogens is 988 g/mol. The molecule has 0 aromatic carbocycles. The van der Waals surface area contributed by atoms with Gasteiger partial charge in [0.15, 0.2) is 0 Å². The van der Waals surface area contributed by atoms with Crippen LogP contribution in [-0.2, 0) is 27.9 Å². The molecule has 0 aliphatic carbocycles. The van der Waals surface area contributed by atoms with E-state index < -0.39 is 20.0 Å². The van der Waals surface area contributed by atoms with Crippen LogP contribution in [0.5, 0.6) is 0 Å². The molecule has 0 saturated heterocycles. The normalized spacial score (nSPS) is 13.7. The van der Waals surface area contributed by atoms with E-state index in [1.807, 2.05) is 33.3 Å². The highest BCUT2D eigenvalue weighted by Crippen LogP contribution is 2.38. The maximum atomic E-state index is 13.5. The lowest BCUT2D eigenvalue weighted by Crippen LogP contribution is -2.47. The van der Waals surface area contributed by atoms with Crippen molar-refractivity contribution in [1.29, 1.82) is 0 Å². The van der Waals surface area contributed by atoms with E-state index in [1.165, 1.54) is 257 Å². The van der Waals surface area contributed by atoms with Crippen LogP contribution >= 0.6 is 7.82 Å². The van der Waals surface area contributed by atoms with Crippen molar-refractivity contribution in [3.8, 4) is 0 Å². The number of carbonyl (C=O) groups is 2. The van der Waals surface area contributed by atoms with Crippen LogP contribution in [-0.4, -0.2) is 69.4 Å². The fraction of sp³-hybridized carbons (Fsp3) is 0.912. The summed E-state index contributed by atoms with van der Waals surface area (Å²) in [6, 6.07) is -0.881. The second kappa shape index (κ2) is 58.7. The maximum Gasteiger partial charge on any atom is 0.306 e. The number of unbranched alkanes of at least 4 members (excludes halogenated alkanes) is 45. The number of hydrogen-bond donors (Lipinski definition) is 1. The van der Waals surface area contributed by atoms with Gasteiger partial charge in [-0.25, -0.2) is 0 Å². The first kappa shape index (κ1) is 76.5. The number of likely N-dealkylation sites (N-methyl/N-ethyl adjacent to an activating group) is 1. The fourth-order valence-electron chi connectivity index (χ4n) is 10.3. The van der Waals surface area contributed by atoms with Crippen molar-refractivity contribution in [2.75, 3.05) is 40.9 Å². The number of nitrogens with zero attached hydrogens (tertiary/aromatic N) is 1. The Bertz CT molecular complexity index is 1380. The molecule has 0 spiro atoms. The molecule has 0 aliphatic rings. The van der Waals surface area contributed by atoms with Crippen molar-refractivity contribution in [3.63, 3.8) is 0 Å². The second-order valence-electron chi connectivity index (χ2n) is 24.7. The van der Waals surface area contributed by atoms with Gasteiger partial charge in [0.1, 0.15) is 19.3 Å². The molecule has 0 heterocycles. The van der Waals surface area contributed by atoms with Crippen LogP contribution < -0.4 is 10.2 Å². The minimum Gasteiger partial charge on any atom is -0.756 e. The topological polar surface area (TPSA) is 114 Å². The summed E-state index contributed by atoms with van der Waals surface area (Å²) < 4.78 is 30.4. The van der Waals surface area contributed by atoms with Gasteiger partial charge in [0.05, 0.1) is 33.8 Å². The Morgan fingerprint density at radius 3 is 1.09 bits per heavy atom. The number of amides is 1. The molecule has 78 heavy (non-hydrogen) atoms. The van der Waals surface area contributed by atoms with E-state index in [4.69, 9.17) is 13.8 Å². The third kappa shape index (κ3) is 59.1. The molecule has 10 heteroatoms. The number of hydrogen-bond acceptors (Lipinski definition) is 7. The van der Waals surface area contributed by atoms with Crippen molar-refractivity contribution < 1.29 is 37.3 Å². The number of carbonyl (C=O) groups excluding carboxylic acids is 2. The van der Waals surface area contributed by atoms with Gasteiger partial charge >= 0.3 is 5.97 Å². The van der Waals surface area contributed by atoms with E-state index in [0.29, 0.717) is 17.4 Å². The Hall–Kier alpha value is -1.51. The fourth-order valence-corrected chi connectivity index (χ4v) is 11.1. The van der Waals surface area contributed by atoms with Gasteiger partial charge in [0.25, 0.3) is 7.82 Å². The van der Waals surface area contributed by atoms with E-state index in [1.54, 1.807) is 0 Å². The van der Waals surface area contributed by atoms with E-state index in [-0.39, 0.29) is 31.5 Å². The first-order valence-corrected chi connectivity index (χ1v) is 35.6. The number of ether oxygens (including phenoxy) is 1. The third-order valence-electron chi connectivity index (χ3n) is 15.6. The number of phosphoric acid groups is 1. The Morgan fingerprint density at radius 1 is 0.436 bits per heavy atom. The third-order valence-corrected chi connectivity index (χ3v) is 16.6. The molecule has 0 radical (unpaired) electrons. The van der Waals surface area contributed by atoms with Gasteiger partial charge < -0.3 is 28.5 Å². The van der Waals surface area contributed by atoms with Crippen molar-refractivity contribution in [3.05, 3.63) is 24.3 Å². The van der Waals surface area contributed by atoms with Crippen LogP contribution in [0.15, 0.2) is 24.3 Å². The quantitative estimate of drug-likeness (QED) is 0.0212. The molecule has 0 aromatic rings. The monoisotopic (exact) mass is 1120 g/mol. The Balaban J connectivity index is 4.95. The smallest absolute Gasteiger partial charge is 0.306 e. The van der Waals surface area contributed by atoms with Crippen LogP contribution in [0.2, 0.25) is 0 Å². The zero-order valence-electron chi connectivity index (χ0n) is 52.9. The predicted octanol–water partition coefficient (Wildman–Crippen LogP) is 20.7. The lowest BCUT2D eigenvalue weighted by atomic mass is 10.0. The van der Waals surface area contributed by atoms with Gasteiger partial charge in [-0.15, -0.1) is 0 Å². The SMILES string of the molecule is CCCCCCCC/C=C/CCCCCCCCCCCCCCCCCCCC(=O)OC(/C=C\CCCCCCCCCCCC)C(COP(=O)([O-])OCC[N+](C)(C)C)NC(=O)CCCCCCCCCCCCCCC. The second-order valence-corrected chi connectivity index (χ2v) is 26.1. The number of allylic oxidation sites excluding steroid dienone is 3. The van der Waals surface area contributed by atoms with Crippen LogP contribution in [0.1, 0.15) is 348 Å². The van der Waals surface area contributed by atoms with Crippen LogP contribution in [0.25, 0.3) is 0 Å². The van der Waals surface area contributed by atoms with Crippen LogP contribution in [0, 0.1) is 0 Å². The summed E-state index contributed by atoms with van der Waals surface area (Å²) >= 11 is 0. The van der Waals surface area contributed by atoms with Crippen molar-refractivity contribution >= 4 is 19.7 Å². The molecule has 3 unspecified atom stereocenters. The summed E-state index contributed by atoms with van der Waals surface area (Å²) in [6.45, 7) is 6.89. The molecule has 9 nitrogen and oxygen atoms in total. The van der Waals surface area contributed by atoms with Crippen molar-refractivity contribution in [2.45, 2.75) is 360 Å². The van der Waals surface area contributed by atoms with Gasteiger partial charge in [-0.1, -0.05) is 302 Å². The van der Waals surface area contributed by atoms with E-state index in [9.17, 15) is 19.0 Å². The highest BCUT2D eigenvalue weighted by atomic mass is 31.2. The lowest BCUT2D eigenvalue weighted by Gasteiger charge is -2.30. The van der Waals surface area contributed by atoms with Gasteiger partial charge in [-0.3, -0.25) is 14.2 Å². The number of nitrogens with one attached hydrogen (secondary N) is 1. The van der Waals surface area contributed by atoms with Gasteiger partial charge in [0, 0.05) is 12.8 Å². The number of phosphoric ester groups is 1. The van der Waals surface area contributed by atoms with Crippen molar-refractivity contribution in [2.24, 2.45) is 0 Å². The lowest BCUT2D eigenvalue weighted by molar-refractivity contribution is -0.870. The average molecular weight is 1120 g/mol. The highest BCUT2D eigenvalue weighted by Gasteiger charge is 2.27. The predicted molar refractivity (Wildman–Crippen MR) is 335 cm³/mol. The molecular formula is C68H133N2O7P. The number of esters is 1. The average Bonchev–Trinajstić information content (AvgIpc) is 3.40. The molecule has 0 saturated carbocycles. The number of quaternary nitrogens is 1.